The predicted octanol–water partition coefficient (Wildman–Crippen LogP) is 1.87. The molecule has 0 atom stereocenters. The smallest absolute Gasteiger partial charge is 0.329 e. The highest BCUT2D eigenvalue weighted by Crippen LogP contribution is 2.30. The Morgan fingerprint density at radius 1 is 1.44 bits per heavy atom. The van der Waals surface area contributed by atoms with Gasteiger partial charge >= 0.3 is 5.97 Å². The van der Waals surface area contributed by atoms with Crippen molar-refractivity contribution >= 4 is 11.7 Å². The summed E-state index contributed by atoms with van der Waals surface area (Å²) in [5, 5.41) is 8.62. The van der Waals surface area contributed by atoms with Crippen LogP contribution in [-0.4, -0.2) is 24.2 Å². The van der Waals surface area contributed by atoms with Gasteiger partial charge in [-0.2, -0.15) is 0 Å². The number of aliphatic carboxylic acids is 1. The number of hydrogen-bond donors (Lipinski definition) is 1. The van der Waals surface area contributed by atoms with Crippen LogP contribution in [0.3, 0.4) is 0 Å². The molecular formula is C12H13NO3. The number of carboxylic acids is 1. The summed E-state index contributed by atoms with van der Waals surface area (Å²) in [6.45, 7) is 1.43. The van der Waals surface area contributed by atoms with Crippen LogP contribution in [0.4, 0.5) is 5.69 Å². The van der Waals surface area contributed by atoms with E-state index in [2.05, 4.69) is 0 Å². The summed E-state index contributed by atoms with van der Waals surface area (Å²) in [4.78, 5) is 12.4. The zero-order valence-corrected chi connectivity index (χ0v) is 8.80. The number of carboxylic acid groups (broad SMARTS) is 1. The molecule has 0 unspecified atom stereocenters. The third-order valence-electron chi connectivity index (χ3n) is 2.37. The van der Waals surface area contributed by atoms with Crippen LogP contribution in [0.2, 0.25) is 0 Å². The minimum Gasteiger partial charge on any atom is -0.491 e. The number of benzene rings is 1. The van der Waals surface area contributed by atoms with Crippen LogP contribution in [-0.2, 0) is 4.79 Å². The van der Waals surface area contributed by atoms with Crippen molar-refractivity contribution in [1.29, 1.82) is 0 Å². The summed E-state index contributed by atoms with van der Waals surface area (Å²) in [7, 11) is 0. The molecule has 16 heavy (non-hydrogen) atoms. The van der Waals surface area contributed by atoms with E-state index in [1.807, 2.05) is 29.2 Å². The molecule has 1 heterocycles. The molecule has 4 nitrogen and oxygen atoms in total. The zero-order chi connectivity index (χ0) is 11.4. The second kappa shape index (κ2) is 4.70. The molecule has 0 amide bonds. The highest BCUT2D eigenvalue weighted by atomic mass is 16.5. The Hall–Kier alpha value is -1.97. The molecule has 1 aromatic rings. The van der Waals surface area contributed by atoms with Gasteiger partial charge in [0.15, 0.2) is 0 Å². The van der Waals surface area contributed by atoms with E-state index in [9.17, 15) is 4.79 Å². The van der Waals surface area contributed by atoms with Crippen molar-refractivity contribution in [2.24, 2.45) is 0 Å². The average Bonchev–Trinajstić information content (AvgIpc) is 2.48. The van der Waals surface area contributed by atoms with Gasteiger partial charge in [-0.3, -0.25) is 0 Å². The maximum atomic E-state index is 10.5. The number of rotatable bonds is 2. The van der Waals surface area contributed by atoms with Gasteiger partial charge in [-0.1, -0.05) is 12.1 Å². The maximum absolute atomic E-state index is 10.5. The van der Waals surface area contributed by atoms with Gasteiger partial charge in [0, 0.05) is 18.8 Å². The van der Waals surface area contributed by atoms with Crippen molar-refractivity contribution in [3.8, 4) is 5.75 Å². The molecule has 4 heteroatoms. The Labute approximate surface area is 93.8 Å². The lowest BCUT2D eigenvalue weighted by Crippen LogP contribution is -2.16. The van der Waals surface area contributed by atoms with Crippen molar-refractivity contribution < 1.29 is 14.6 Å². The van der Waals surface area contributed by atoms with Gasteiger partial charge in [0.1, 0.15) is 5.75 Å². The topological polar surface area (TPSA) is 49.8 Å². The number of carbonyl (C=O) groups is 1. The first kappa shape index (κ1) is 10.5. The quantitative estimate of drug-likeness (QED) is 0.771. The largest absolute Gasteiger partial charge is 0.491 e. The van der Waals surface area contributed by atoms with Gasteiger partial charge in [-0.25, -0.2) is 4.79 Å². The molecule has 0 spiro atoms. The van der Waals surface area contributed by atoms with E-state index in [0.29, 0.717) is 6.61 Å². The molecule has 1 aromatic carbocycles. The Balaban J connectivity index is 2.29. The lowest BCUT2D eigenvalue weighted by Gasteiger charge is -2.18. The van der Waals surface area contributed by atoms with Gasteiger partial charge in [0.2, 0.25) is 0 Å². The third kappa shape index (κ3) is 2.34. The van der Waals surface area contributed by atoms with Crippen LogP contribution in [0.15, 0.2) is 36.5 Å². The zero-order valence-electron chi connectivity index (χ0n) is 8.80. The van der Waals surface area contributed by atoms with Crippen molar-refractivity contribution in [2.75, 3.05) is 18.1 Å². The average molecular weight is 219 g/mol. The highest BCUT2D eigenvalue weighted by Gasteiger charge is 2.13. The molecule has 2 rings (SSSR count). The lowest BCUT2D eigenvalue weighted by atomic mass is 10.2. The minimum atomic E-state index is -0.942. The van der Waals surface area contributed by atoms with Gasteiger partial charge in [0.25, 0.3) is 0 Å². The number of hydrogen-bond acceptors (Lipinski definition) is 3. The van der Waals surface area contributed by atoms with Crippen LogP contribution in [0.25, 0.3) is 0 Å². The molecule has 84 valence electrons. The number of nitrogens with zero attached hydrogens (tertiary/aromatic N) is 1. The van der Waals surface area contributed by atoms with Crippen molar-refractivity contribution in [2.45, 2.75) is 6.42 Å². The molecule has 0 aliphatic carbocycles. The van der Waals surface area contributed by atoms with Crippen molar-refractivity contribution in [1.82, 2.24) is 0 Å². The maximum Gasteiger partial charge on any atom is 0.329 e. The van der Waals surface area contributed by atoms with Crippen LogP contribution in [0.5, 0.6) is 5.75 Å². The lowest BCUT2D eigenvalue weighted by molar-refractivity contribution is -0.131. The normalized spacial score (nSPS) is 15.4. The predicted molar refractivity (Wildman–Crippen MR) is 60.7 cm³/mol. The molecular weight excluding hydrogens is 206 g/mol. The molecule has 0 fully saturated rings. The summed E-state index contributed by atoms with van der Waals surface area (Å²) in [6, 6.07) is 7.63. The number of fused-ring (bicyclic) bond motifs is 1. The molecule has 0 saturated carbocycles. The summed E-state index contributed by atoms with van der Waals surface area (Å²) in [6.07, 6.45) is 3.59. The Kier molecular flexibility index (Phi) is 3.10. The van der Waals surface area contributed by atoms with E-state index in [-0.39, 0.29) is 0 Å². The second-order valence-electron chi connectivity index (χ2n) is 3.52. The first-order valence-electron chi connectivity index (χ1n) is 5.17. The Morgan fingerprint density at radius 3 is 3.06 bits per heavy atom. The van der Waals surface area contributed by atoms with Crippen LogP contribution < -0.4 is 9.64 Å². The van der Waals surface area contributed by atoms with E-state index in [4.69, 9.17) is 9.84 Å². The van der Waals surface area contributed by atoms with Crippen LogP contribution in [0, 0.1) is 0 Å². The summed E-state index contributed by atoms with van der Waals surface area (Å²) >= 11 is 0. The number of anilines is 1. The van der Waals surface area contributed by atoms with Crippen LogP contribution >= 0.6 is 0 Å². The van der Waals surface area contributed by atoms with E-state index in [1.165, 1.54) is 0 Å². The highest BCUT2D eigenvalue weighted by molar-refractivity contribution is 5.80. The first-order valence-corrected chi connectivity index (χ1v) is 5.17. The van der Waals surface area contributed by atoms with Crippen molar-refractivity contribution in [3.05, 3.63) is 36.5 Å². The first-order chi connectivity index (χ1) is 7.77. The molecule has 1 aliphatic rings. The van der Waals surface area contributed by atoms with Crippen LogP contribution in [0.1, 0.15) is 6.42 Å². The van der Waals surface area contributed by atoms with E-state index >= 15 is 0 Å². The molecule has 0 bridgehead atoms. The van der Waals surface area contributed by atoms with E-state index < -0.39 is 5.97 Å². The standard InChI is InChI=1S/C12H13NO3/c14-12(15)6-8-13-7-3-9-16-11-5-2-1-4-10(11)13/h1-2,4-6,8H,3,7,9H2,(H,14,15)/b8-6+. The fraction of sp³-hybridized carbons (Fsp3) is 0.250. The van der Waals surface area contributed by atoms with Gasteiger partial charge in [0.05, 0.1) is 12.3 Å². The molecule has 1 N–H and O–H groups in total. The molecule has 1 aliphatic heterocycles. The Morgan fingerprint density at radius 2 is 2.25 bits per heavy atom. The van der Waals surface area contributed by atoms with Gasteiger partial charge in [-0.15, -0.1) is 0 Å². The van der Waals surface area contributed by atoms with E-state index in [0.717, 1.165) is 30.5 Å². The summed E-state index contributed by atoms with van der Waals surface area (Å²) in [5.41, 5.74) is 0.914. The monoisotopic (exact) mass is 219 g/mol. The third-order valence-corrected chi connectivity index (χ3v) is 2.37. The second-order valence-corrected chi connectivity index (χ2v) is 3.52. The van der Waals surface area contributed by atoms with Gasteiger partial charge < -0.3 is 14.7 Å². The Bertz CT molecular complexity index is 414. The fourth-order valence-corrected chi connectivity index (χ4v) is 1.66. The minimum absolute atomic E-state index is 0.661. The summed E-state index contributed by atoms with van der Waals surface area (Å²) < 4.78 is 5.56. The van der Waals surface area contributed by atoms with Gasteiger partial charge in [-0.05, 0) is 18.6 Å². The number of ether oxygens (including phenoxy) is 1. The number of para-hydroxylation sites is 2. The fourth-order valence-electron chi connectivity index (χ4n) is 1.66. The molecule has 0 aromatic heterocycles. The molecule has 0 radical (unpaired) electrons. The SMILES string of the molecule is O=C(O)/C=C/N1CCCOc2ccccc21. The molecule has 0 saturated heterocycles. The van der Waals surface area contributed by atoms with E-state index in [1.54, 1.807) is 6.20 Å². The van der Waals surface area contributed by atoms with Crippen molar-refractivity contribution in [3.63, 3.8) is 0 Å². The summed E-state index contributed by atoms with van der Waals surface area (Å²) in [5.74, 6) is -0.141.